The van der Waals surface area contributed by atoms with Gasteiger partial charge in [-0.2, -0.15) is 5.26 Å². The molecule has 10 atom stereocenters. The molecule has 1 saturated heterocycles. The fourth-order valence-corrected chi connectivity index (χ4v) is 16.8. The summed E-state index contributed by atoms with van der Waals surface area (Å²) in [7, 11) is -1.88. The van der Waals surface area contributed by atoms with Crippen molar-refractivity contribution in [3.8, 4) is 11.9 Å². The summed E-state index contributed by atoms with van der Waals surface area (Å²) in [5.41, 5.74) is 4.52. The number of carbonyl (C=O) groups is 1. The topological polar surface area (TPSA) is 116 Å². The lowest BCUT2D eigenvalue weighted by molar-refractivity contribution is -0.221. The Bertz CT molecular complexity index is 2040. The first kappa shape index (κ1) is 42.7. The highest BCUT2D eigenvalue weighted by atomic mass is 32.2. The van der Waals surface area contributed by atoms with Crippen LogP contribution in [0.3, 0.4) is 0 Å². The van der Waals surface area contributed by atoms with Crippen molar-refractivity contribution in [3.05, 3.63) is 59.3 Å². The Kier molecular flexibility index (Phi) is 11.0. The molecule has 1 unspecified atom stereocenters. The van der Waals surface area contributed by atoms with Gasteiger partial charge < -0.3 is 20.1 Å². The van der Waals surface area contributed by atoms with E-state index in [1.54, 1.807) is 12.1 Å². The number of nitrogens with one attached hydrogen (secondary N) is 1. The van der Waals surface area contributed by atoms with Crippen molar-refractivity contribution in [2.75, 3.05) is 44.3 Å². The number of aliphatic carboxylic acids is 1. The van der Waals surface area contributed by atoms with Gasteiger partial charge in [-0.1, -0.05) is 58.9 Å². The number of pyridine rings is 1. The van der Waals surface area contributed by atoms with Crippen molar-refractivity contribution in [3.63, 3.8) is 0 Å². The van der Waals surface area contributed by atoms with Gasteiger partial charge in [-0.15, -0.1) is 0 Å². The van der Waals surface area contributed by atoms with Crippen LogP contribution in [-0.2, 0) is 14.3 Å². The number of carboxylic acid groups (broad SMARTS) is 1. The number of hydrogen-bond acceptors (Lipinski definition) is 7. The molecule has 322 valence electrons. The molecule has 1 aliphatic heterocycles. The maximum Gasteiger partial charge on any atom is 0.313 e. The standard InChI is InChI=1S/C50H72N4O4S/c1-34(2)37-15-22-50(53-25-26-54-27-29-59(8,57)30-28-54)24-23-47(6)39(43(37)50)10-11-41-46(5)18-16-38(45(3,4)40(46)17-19-48(41,47)7)36-13-20-49(21-14-36,44(55)56)33-58-42-12-9-35(31-51)32-52-42/h9,12-13,16,32,37,39-41,43,53H,1,8,10-11,14-15,17-30,33H2,2-7H3,(H,55,56)/t37-,39+,40-,41+,43+,46-,47+,48+,49?,50-/m0/s1. The van der Waals surface area contributed by atoms with Crippen LogP contribution in [0.1, 0.15) is 124 Å². The van der Waals surface area contributed by atoms with Gasteiger partial charge in [0.15, 0.2) is 0 Å². The monoisotopic (exact) mass is 825 g/mol. The lowest BCUT2D eigenvalue weighted by Crippen LogP contribution is -2.68. The molecule has 0 aromatic carbocycles. The van der Waals surface area contributed by atoms with Crippen molar-refractivity contribution in [2.45, 2.75) is 124 Å². The summed E-state index contributed by atoms with van der Waals surface area (Å²) in [6.45, 7) is 23.9. The summed E-state index contributed by atoms with van der Waals surface area (Å²) in [5, 5.41) is 23.9. The molecule has 59 heavy (non-hydrogen) atoms. The van der Waals surface area contributed by atoms with E-state index in [0.29, 0.717) is 53.9 Å². The Hall–Kier alpha value is -2.93. The molecule has 9 heteroatoms. The van der Waals surface area contributed by atoms with Crippen molar-refractivity contribution in [1.82, 2.24) is 15.2 Å². The van der Waals surface area contributed by atoms with Crippen LogP contribution in [-0.4, -0.2) is 80.9 Å². The zero-order valence-corrected chi connectivity index (χ0v) is 37.9. The fourth-order valence-electron chi connectivity index (χ4n) is 15.4. The maximum absolute atomic E-state index is 12.8. The minimum atomic E-state index is -1.88. The first-order valence-electron chi connectivity index (χ1n) is 22.9. The molecular formula is C50H72N4O4S. The fraction of sp³-hybridized carbons (Fsp3) is 0.720. The normalized spacial score (nSPS) is 41.1. The van der Waals surface area contributed by atoms with Gasteiger partial charge in [0.25, 0.3) is 0 Å². The Morgan fingerprint density at radius 3 is 2.41 bits per heavy atom. The van der Waals surface area contributed by atoms with E-state index in [2.05, 4.69) is 87.4 Å². The van der Waals surface area contributed by atoms with E-state index < -0.39 is 20.9 Å². The minimum Gasteiger partial charge on any atom is -0.481 e. The Morgan fingerprint density at radius 2 is 1.76 bits per heavy atom. The summed E-state index contributed by atoms with van der Waals surface area (Å²) in [5.74, 6) is 8.09. The zero-order chi connectivity index (χ0) is 42.2. The molecule has 2 heterocycles. The average Bonchev–Trinajstić information content (AvgIpc) is 3.58. The van der Waals surface area contributed by atoms with Gasteiger partial charge in [0.1, 0.15) is 18.1 Å². The SMILES string of the molecule is C=C(C)[C@@H]1CC[C@]2(NCCN3CCS(=C)(=O)CC3)CC[C@]3(C)[C@H](CC[C@@H]4[C@@]5(C)CC=C(C6=CCC(COc7ccc(C#N)cn7)(C(=O)O)CC6)C(C)(C)[C@@H]5CC[C@]43C)[C@@H]12. The van der Waals surface area contributed by atoms with E-state index in [-0.39, 0.29) is 33.8 Å². The van der Waals surface area contributed by atoms with E-state index in [1.807, 2.05) is 0 Å². The molecule has 5 fully saturated rings. The number of hydrogen-bond donors (Lipinski definition) is 2. The lowest BCUT2D eigenvalue weighted by atomic mass is 9.33. The van der Waals surface area contributed by atoms with Gasteiger partial charge in [-0.3, -0.25) is 9.00 Å². The van der Waals surface area contributed by atoms with Crippen molar-refractivity contribution in [1.29, 1.82) is 5.26 Å². The molecule has 8 rings (SSSR count). The van der Waals surface area contributed by atoms with Crippen LogP contribution >= 0.6 is 0 Å². The third kappa shape index (κ3) is 6.98. The maximum atomic E-state index is 12.8. The van der Waals surface area contributed by atoms with E-state index in [9.17, 15) is 14.1 Å². The smallest absolute Gasteiger partial charge is 0.313 e. The Morgan fingerprint density at radius 1 is 1.00 bits per heavy atom. The molecule has 1 aromatic rings. The number of rotatable bonds is 10. The largest absolute Gasteiger partial charge is 0.481 e. The highest BCUT2D eigenvalue weighted by molar-refractivity contribution is 8.00. The molecule has 2 N–H and O–H groups in total. The van der Waals surface area contributed by atoms with Gasteiger partial charge in [-0.25, -0.2) is 4.98 Å². The summed E-state index contributed by atoms with van der Waals surface area (Å²) in [6.07, 6.45) is 19.2. The van der Waals surface area contributed by atoms with Crippen LogP contribution < -0.4 is 10.1 Å². The summed E-state index contributed by atoms with van der Waals surface area (Å²) in [6, 6.07) is 5.36. The second-order valence-electron chi connectivity index (χ2n) is 21.8. The summed E-state index contributed by atoms with van der Waals surface area (Å²) in [4.78, 5) is 19.5. The van der Waals surface area contributed by atoms with E-state index >= 15 is 0 Å². The zero-order valence-electron chi connectivity index (χ0n) is 37.0. The molecule has 4 saturated carbocycles. The van der Waals surface area contributed by atoms with E-state index in [1.165, 1.54) is 74.3 Å². The van der Waals surface area contributed by atoms with Gasteiger partial charge in [-0.05, 0) is 168 Å². The first-order chi connectivity index (χ1) is 27.8. The van der Waals surface area contributed by atoms with Crippen molar-refractivity contribution < 1.29 is 18.8 Å². The van der Waals surface area contributed by atoms with Crippen LogP contribution in [0, 0.1) is 68.0 Å². The second kappa shape index (κ2) is 15.2. The molecule has 1 aromatic heterocycles. The molecule has 0 bridgehead atoms. The molecule has 0 spiro atoms. The van der Waals surface area contributed by atoms with E-state index in [4.69, 9.17) is 10.00 Å². The molecule has 6 aliphatic carbocycles. The van der Waals surface area contributed by atoms with Gasteiger partial charge in [0.05, 0.1) is 5.56 Å². The average molecular weight is 825 g/mol. The van der Waals surface area contributed by atoms with Gasteiger partial charge in [0, 0.05) is 55.5 Å². The molecule has 7 aliphatic rings. The highest BCUT2D eigenvalue weighted by Gasteiger charge is 2.70. The number of allylic oxidation sites excluding steroid dienone is 5. The van der Waals surface area contributed by atoms with Gasteiger partial charge >= 0.3 is 5.97 Å². The van der Waals surface area contributed by atoms with Crippen LogP contribution in [0.2, 0.25) is 0 Å². The number of fused-ring (bicyclic) bond motifs is 7. The summed E-state index contributed by atoms with van der Waals surface area (Å²) >= 11 is 0. The lowest BCUT2D eigenvalue weighted by Gasteiger charge is -2.72. The molecule has 8 nitrogen and oxygen atoms in total. The second-order valence-corrected chi connectivity index (χ2v) is 24.6. The highest BCUT2D eigenvalue weighted by Crippen LogP contribution is 2.76. The minimum absolute atomic E-state index is 0.00924. The van der Waals surface area contributed by atoms with E-state index in [0.717, 1.165) is 50.5 Å². The number of ether oxygens (including phenoxy) is 1. The van der Waals surface area contributed by atoms with Crippen LogP contribution in [0.5, 0.6) is 5.88 Å². The quantitative estimate of drug-likeness (QED) is 0.178. The number of nitriles is 1. The third-order valence-electron chi connectivity index (χ3n) is 18.9. The van der Waals surface area contributed by atoms with Crippen LogP contribution in [0.15, 0.2) is 53.8 Å². The first-order valence-corrected chi connectivity index (χ1v) is 25.0. The predicted octanol–water partition coefficient (Wildman–Crippen LogP) is 9.08. The Balaban J connectivity index is 1.000. The molecule has 0 radical (unpaired) electrons. The van der Waals surface area contributed by atoms with Crippen molar-refractivity contribution >= 4 is 21.4 Å². The number of carboxylic acids is 1. The number of nitrogens with zero attached hydrogens (tertiary/aromatic N) is 3. The van der Waals surface area contributed by atoms with Gasteiger partial charge in [0.2, 0.25) is 5.88 Å². The third-order valence-corrected chi connectivity index (χ3v) is 20.7. The Labute approximate surface area is 355 Å². The predicted molar refractivity (Wildman–Crippen MR) is 239 cm³/mol. The number of aromatic nitrogens is 1. The molecule has 0 amide bonds. The van der Waals surface area contributed by atoms with Crippen molar-refractivity contribution in [2.24, 2.45) is 56.7 Å². The molecular weight excluding hydrogens is 753 g/mol. The van der Waals surface area contributed by atoms with Crippen LogP contribution in [0.4, 0.5) is 0 Å². The summed E-state index contributed by atoms with van der Waals surface area (Å²) < 4.78 is 18.5. The van der Waals surface area contributed by atoms with Crippen LogP contribution in [0.25, 0.3) is 0 Å².